The van der Waals surface area contributed by atoms with Crippen LogP contribution >= 0.6 is 11.8 Å². The average molecular weight is 300 g/mol. The SMILES string of the molecule is CCOC(=O)C(C)c1ccc2c(c1)Sc1ccccc1O2. The summed E-state index contributed by atoms with van der Waals surface area (Å²) in [7, 11) is 0. The quantitative estimate of drug-likeness (QED) is 0.662. The average Bonchev–Trinajstić information content (AvgIpc) is 2.51. The maximum Gasteiger partial charge on any atom is 0.313 e. The number of esters is 1. The first-order chi connectivity index (χ1) is 10.2. The molecule has 1 unspecified atom stereocenters. The van der Waals surface area contributed by atoms with Gasteiger partial charge < -0.3 is 9.47 Å². The number of para-hydroxylation sites is 1. The van der Waals surface area contributed by atoms with Gasteiger partial charge in [-0.1, -0.05) is 30.0 Å². The van der Waals surface area contributed by atoms with Crippen LogP contribution in [0.1, 0.15) is 25.3 Å². The maximum absolute atomic E-state index is 11.8. The predicted molar refractivity (Wildman–Crippen MR) is 82.1 cm³/mol. The van der Waals surface area contributed by atoms with E-state index in [2.05, 4.69) is 0 Å². The first-order valence-electron chi connectivity index (χ1n) is 6.94. The number of benzene rings is 2. The van der Waals surface area contributed by atoms with Crippen molar-refractivity contribution in [3.8, 4) is 11.5 Å². The van der Waals surface area contributed by atoms with Gasteiger partial charge >= 0.3 is 5.97 Å². The van der Waals surface area contributed by atoms with E-state index >= 15 is 0 Å². The minimum absolute atomic E-state index is 0.195. The molecule has 4 heteroatoms. The molecule has 1 heterocycles. The zero-order valence-corrected chi connectivity index (χ0v) is 12.8. The van der Waals surface area contributed by atoms with Gasteiger partial charge in [0.1, 0.15) is 11.5 Å². The number of hydrogen-bond acceptors (Lipinski definition) is 4. The molecule has 2 aromatic carbocycles. The fourth-order valence-electron chi connectivity index (χ4n) is 2.22. The van der Waals surface area contributed by atoms with Crippen LogP contribution in [0.4, 0.5) is 0 Å². The van der Waals surface area contributed by atoms with E-state index in [9.17, 15) is 4.79 Å². The fourth-order valence-corrected chi connectivity index (χ4v) is 3.22. The van der Waals surface area contributed by atoms with E-state index in [0.717, 1.165) is 26.9 Å². The van der Waals surface area contributed by atoms with E-state index in [0.29, 0.717) is 6.61 Å². The lowest BCUT2D eigenvalue weighted by Gasteiger charge is -2.21. The Morgan fingerprint density at radius 3 is 2.76 bits per heavy atom. The Hall–Kier alpha value is -1.94. The third kappa shape index (κ3) is 2.76. The van der Waals surface area contributed by atoms with Gasteiger partial charge in [0.2, 0.25) is 0 Å². The van der Waals surface area contributed by atoms with Crippen LogP contribution in [0.5, 0.6) is 11.5 Å². The fraction of sp³-hybridized carbons (Fsp3) is 0.235. The highest BCUT2D eigenvalue weighted by atomic mass is 32.2. The van der Waals surface area contributed by atoms with Crippen molar-refractivity contribution in [2.45, 2.75) is 29.6 Å². The van der Waals surface area contributed by atoms with Crippen LogP contribution in [0, 0.1) is 0 Å². The van der Waals surface area contributed by atoms with Crippen LogP contribution in [0.2, 0.25) is 0 Å². The second kappa shape index (κ2) is 5.82. The topological polar surface area (TPSA) is 35.5 Å². The summed E-state index contributed by atoms with van der Waals surface area (Å²) in [6, 6.07) is 13.8. The molecule has 0 saturated carbocycles. The van der Waals surface area contributed by atoms with E-state index in [-0.39, 0.29) is 11.9 Å². The molecule has 21 heavy (non-hydrogen) atoms. The lowest BCUT2D eigenvalue weighted by atomic mass is 10.0. The number of rotatable bonds is 3. The highest BCUT2D eigenvalue weighted by Crippen LogP contribution is 2.47. The summed E-state index contributed by atoms with van der Waals surface area (Å²) in [6.07, 6.45) is 0. The van der Waals surface area contributed by atoms with Crippen molar-refractivity contribution in [3.05, 3.63) is 48.0 Å². The van der Waals surface area contributed by atoms with E-state index in [1.807, 2.05) is 56.3 Å². The highest BCUT2D eigenvalue weighted by molar-refractivity contribution is 7.99. The van der Waals surface area contributed by atoms with Crippen LogP contribution in [0.3, 0.4) is 0 Å². The molecule has 0 spiro atoms. The first-order valence-corrected chi connectivity index (χ1v) is 7.76. The van der Waals surface area contributed by atoms with Gasteiger partial charge in [-0.2, -0.15) is 0 Å². The Labute approximate surface area is 128 Å². The summed E-state index contributed by atoms with van der Waals surface area (Å²) in [5.41, 5.74) is 0.947. The Morgan fingerprint density at radius 2 is 1.95 bits per heavy atom. The second-order valence-corrected chi connectivity index (χ2v) is 5.91. The number of fused-ring (bicyclic) bond motifs is 2. The minimum atomic E-state index is -0.270. The number of ether oxygens (including phenoxy) is 2. The van der Waals surface area contributed by atoms with Crippen LogP contribution in [-0.2, 0) is 9.53 Å². The molecule has 1 aliphatic rings. The lowest BCUT2D eigenvalue weighted by Crippen LogP contribution is -2.13. The van der Waals surface area contributed by atoms with Gasteiger partial charge in [-0.3, -0.25) is 4.79 Å². The molecule has 1 atom stereocenters. The predicted octanol–water partition coefficient (Wildman–Crippen LogP) is 4.61. The lowest BCUT2D eigenvalue weighted by molar-refractivity contribution is -0.144. The minimum Gasteiger partial charge on any atom is -0.466 e. The largest absolute Gasteiger partial charge is 0.466 e. The molecule has 0 bridgehead atoms. The van der Waals surface area contributed by atoms with Gasteiger partial charge in [0, 0.05) is 0 Å². The van der Waals surface area contributed by atoms with Crippen molar-refractivity contribution in [3.63, 3.8) is 0 Å². The zero-order valence-electron chi connectivity index (χ0n) is 12.0. The normalized spacial score (nSPS) is 13.6. The van der Waals surface area contributed by atoms with Crippen molar-refractivity contribution in [2.24, 2.45) is 0 Å². The van der Waals surface area contributed by atoms with Gasteiger partial charge in [-0.25, -0.2) is 0 Å². The zero-order chi connectivity index (χ0) is 14.8. The van der Waals surface area contributed by atoms with Gasteiger partial charge in [0.15, 0.2) is 0 Å². The maximum atomic E-state index is 11.8. The standard InChI is InChI=1S/C17H16O3S/c1-3-19-17(18)11(2)12-8-9-14-16(10-12)21-15-7-5-4-6-13(15)20-14/h4-11H,3H2,1-2H3. The molecule has 0 saturated heterocycles. The molecule has 0 amide bonds. The van der Waals surface area contributed by atoms with Crippen molar-refractivity contribution >= 4 is 17.7 Å². The van der Waals surface area contributed by atoms with Crippen LogP contribution in [-0.4, -0.2) is 12.6 Å². The second-order valence-electron chi connectivity index (χ2n) is 4.83. The Balaban J connectivity index is 1.88. The molecule has 108 valence electrons. The molecular formula is C17H16O3S. The van der Waals surface area contributed by atoms with E-state index in [1.165, 1.54) is 0 Å². The van der Waals surface area contributed by atoms with Crippen LogP contribution < -0.4 is 4.74 Å². The molecule has 0 aliphatic carbocycles. The van der Waals surface area contributed by atoms with Crippen molar-refractivity contribution in [1.29, 1.82) is 0 Å². The Bertz CT molecular complexity index is 681. The van der Waals surface area contributed by atoms with Gasteiger partial charge in [-0.15, -0.1) is 0 Å². The number of hydrogen-bond donors (Lipinski definition) is 0. The van der Waals surface area contributed by atoms with Crippen molar-refractivity contribution in [1.82, 2.24) is 0 Å². The van der Waals surface area contributed by atoms with Gasteiger partial charge in [-0.05, 0) is 43.7 Å². The van der Waals surface area contributed by atoms with Crippen LogP contribution in [0.15, 0.2) is 52.3 Å². The first kappa shape index (κ1) is 14.0. The third-order valence-electron chi connectivity index (χ3n) is 3.40. The summed E-state index contributed by atoms with van der Waals surface area (Å²) < 4.78 is 11.0. The van der Waals surface area contributed by atoms with Gasteiger partial charge in [0.25, 0.3) is 0 Å². The monoisotopic (exact) mass is 300 g/mol. The number of carbonyl (C=O) groups is 1. The highest BCUT2D eigenvalue weighted by Gasteiger charge is 2.21. The Kier molecular flexibility index (Phi) is 3.88. The summed E-state index contributed by atoms with van der Waals surface area (Å²) >= 11 is 1.66. The molecule has 3 rings (SSSR count). The molecule has 0 aromatic heterocycles. The number of carbonyl (C=O) groups excluding carboxylic acids is 1. The summed E-state index contributed by atoms with van der Waals surface area (Å²) in [4.78, 5) is 14.0. The molecule has 2 aromatic rings. The molecule has 0 fully saturated rings. The van der Waals surface area contributed by atoms with Crippen molar-refractivity contribution < 1.29 is 14.3 Å². The molecular weight excluding hydrogens is 284 g/mol. The van der Waals surface area contributed by atoms with Crippen molar-refractivity contribution in [2.75, 3.05) is 6.61 Å². The van der Waals surface area contributed by atoms with E-state index in [1.54, 1.807) is 11.8 Å². The Morgan fingerprint density at radius 1 is 1.19 bits per heavy atom. The van der Waals surface area contributed by atoms with E-state index in [4.69, 9.17) is 9.47 Å². The smallest absolute Gasteiger partial charge is 0.313 e. The molecule has 0 radical (unpaired) electrons. The summed E-state index contributed by atoms with van der Waals surface area (Å²) in [6.45, 7) is 4.08. The molecule has 1 aliphatic heterocycles. The van der Waals surface area contributed by atoms with Crippen LogP contribution in [0.25, 0.3) is 0 Å². The van der Waals surface area contributed by atoms with Gasteiger partial charge in [0.05, 0.1) is 22.3 Å². The third-order valence-corrected chi connectivity index (χ3v) is 4.49. The van der Waals surface area contributed by atoms with E-state index < -0.39 is 0 Å². The molecule has 0 N–H and O–H groups in total. The molecule has 3 nitrogen and oxygen atoms in total. The summed E-state index contributed by atoms with van der Waals surface area (Å²) in [5, 5.41) is 0. The summed E-state index contributed by atoms with van der Waals surface area (Å²) in [5.74, 6) is 1.24.